The molecule has 0 nitrogen and oxygen atoms in total. The van der Waals surface area contributed by atoms with E-state index in [1.807, 2.05) is 6.08 Å². The highest BCUT2D eigenvalue weighted by Crippen LogP contribution is 2.23. The van der Waals surface area contributed by atoms with Crippen molar-refractivity contribution in [1.29, 1.82) is 0 Å². The molecule has 0 aliphatic heterocycles. The van der Waals surface area contributed by atoms with Gasteiger partial charge in [0, 0.05) is 5.88 Å². The van der Waals surface area contributed by atoms with Gasteiger partial charge in [-0.2, -0.15) is 0 Å². The minimum absolute atomic E-state index is 0.643. The summed E-state index contributed by atoms with van der Waals surface area (Å²) in [4.78, 5) is 0. The van der Waals surface area contributed by atoms with E-state index in [0.717, 1.165) is 18.2 Å². The van der Waals surface area contributed by atoms with E-state index in [1.165, 1.54) is 12.8 Å². The highest BCUT2D eigenvalue weighted by atomic mass is 35.5. The molecule has 0 radical (unpaired) electrons. The van der Waals surface area contributed by atoms with E-state index < -0.39 is 0 Å². The van der Waals surface area contributed by atoms with Crippen molar-refractivity contribution in [2.75, 3.05) is 5.88 Å². The Bertz CT molecular complexity index is 95.0. The Balaban J connectivity index is 3.85. The maximum absolute atomic E-state index is 5.85. The fourth-order valence-electron chi connectivity index (χ4n) is 1.55. The van der Waals surface area contributed by atoms with Crippen LogP contribution in [0.25, 0.3) is 0 Å². The molecule has 0 amide bonds. The molecule has 0 aromatic heterocycles. The van der Waals surface area contributed by atoms with Crippen molar-refractivity contribution < 1.29 is 0 Å². The van der Waals surface area contributed by atoms with Crippen LogP contribution >= 0.6 is 11.6 Å². The summed E-state index contributed by atoms with van der Waals surface area (Å²) in [5, 5.41) is 0. The van der Waals surface area contributed by atoms with Gasteiger partial charge in [-0.25, -0.2) is 0 Å². The molecular weight excluding hydrogens is 156 g/mol. The standard InChI is InChI=1S/C10H19Cl/c1-4-7-10(8-11)9(5-2)6-3/h4,9-10H,1,5-8H2,2-3H3. The molecule has 0 spiro atoms. The van der Waals surface area contributed by atoms with Crippen LogP contribution in [0.15, 0.2) is 12.7 Å². The lowest BCUT2D eigenvalue weighted by Gasteiger charge is -2.21. The SMILES string of the molecule is C=CCC(CCl)C(CC)CC. The van der Waals surface area contributed by atoms with Crippen LogP contribution in [0.3, 0.4) is 0 Å². The summed E-state index contributed by atoms with van der Waals surface area (Å²) >= 11 is 5.85. The Morgan fingerprint density at radius 1 is 1.27 bits per heavy atom. The third kappa shape index (κ3) is 3.81. The van der Waals surface area contributed by atoms with Crippen molar-refractivity contribution in [3.8, 4) is 0 Å². The number of rotatable bonds is 6. The summed E-state index contributed by atoms with van der Waals surface area (Å²) in [6, 6.07) is 0. The first-order valence-corrected chi connectivity index (χ1v) is 5.00. The van der Waals surface area contributed by atoms with Crippen LogP contribution < -0.4 is 0 Å². The molecule has 1 unspecified atom stereocenters. The molecule has 0 aliphatic carbocycles. The van der Waals surface area contributed by atoms with Crippen molar-refractivity contribution in [1.82, 2.24) is 0 Å². The first-order valence-electron chi connectivity index (χ1n) is 4.46. The monoisotopic (exact) mass is 174 g/mol. The van der Waals surface area contributed by atoms with Gasteiger partial charge in [0.25, 0.3) is 0 Å². The molecule has 0 aromatic rings. The van der Waals surface area contributed by atoms with Gasteiger partial charge in [0.15, 0.2) is 0 Å². The van der Waals surface area contributed by atoms with Crippen molar-refractivity contribution in [2.45, 2.75) is 33.1 Å². The maximum Gasteiger partial charge on any atom is 0.0257 e. The number of hydrogen-bond donors (Lipinski definition) is 0. The highest BCUT2D eigenvalue weighted by molar-refractivity contribution is 6.18. The van der Waals surface area contributed by atoms with Gasteiger partial charge in [-0.05, 0) is 18.3 Å². The molecule has 11 heavy (non-hydrogen) atoms. The van der Waals surface area contributed by atoms with Crippen molar-refractivity contribution in [2.24, 2.45) is 11.8 Å². The van der Waals surface area contributed by atoms with Gasteiger partial charge in [-0.1, -0.05) is 32.8 Å². The predicted molar refractivity (Wildman–Crippen MR) is 53.1 cm³/mol. The zero-order valence-corrected chi connectivity index (χ0v) is 8.40. The Labute approximate surface area is 75.6 Å². The van der Waals surface area contributed by atoms with Crippen LogP contribution in [0, 0.1) is 11.8 Å². The molecule has 66 valence electrons. The molecule has 0 rings (SSSR count). The molecule has 1 heteroatoms. The average molecular weight is 175 g/mol. The molecule has 0 saturated carbocycles. The Morgan fingerprint density at radius 3 is 2.09 bits per heavy atom. The Kier molecular flexibility index (Phi) is 6.74. The molecule has 0 fully saturated rings. The van der Waals surface area contributed by atoms with E-state index in [9.17, 15) is 0 Å². The van der Waals surface area contributed by atoms with Crippen molar-refractivity contribution in [3.05, 3.63) is 12.7 Å². The lowest BCUT2D eigenvalue weighted by Crippen LogP contribution is -2.14. The first-order chi connectivity index (χ1) is 5.29. The van der Waals surface area contributed by atoms with Crippen LogP contribution in [0.1, 0.15) is 33.1 Å². The third-order valence-corrected chi connectivity index (χ3v) is 2.78. The van der Waals surface area contributed by atoms with Crippen molar-refractivity contribution in [3.63, 3.8) is 0 Å². The smallest absolute Gasteiger partial charge is 0.0257 e. The number of allylic oxidation sites excluding steroid dienone is 1. The summed E-state index contributed by atoms with van der Waals surface area (Å²) in [5.41, 5.74) is 0. The van der Waals surface area contributed by atoms with E-state index in [1.54, 1.807) is 0 Å². The van der Waals surface area contributed by atoms with Gasteiger partial charge >= 0.3 is 0 Å². The summed E-state index contributed by atoms with van der Waals surface area (Å²) in [6.45, 7) is 8.21. The summed E-state index contributed by atoms with van der Waals surface area (Å²) in [7, 11) is 0. The second-order valence-electron chi connectivity index (χ2n) is 3.02. The molecule has 1 atom stereocenters. The van der Waals surface area contributed by atoms with Crippen molar-refractivity contribution >= 4 is 11.6 Å². The number of alkyl halides is 1. The Morgan fingerprint density at radius 2 is 1.82 bits per heavy atom. The van der Waals surface area contributed by atoms with Crippen LogP contribution in [0.4, 0.5) is 0 Å². The molecule has 0 aromatic carbocycles. The van der Waals surface area contributed by atoms with Crippen LogP contribution in [-0.2, 0) is 0 Å². The van der Waals surface area contributed by atoms with Crippen LogP contribution in [-0.4, -0.2) is 5.88 Å². The van der Waals surface area contributed by atoms with Gasteiger partial charge in [-0.15, -0.1) is 18.2 Å². The summed E-state index contributed by atoms with van der Waals surface area (Å²) < 4.78 is 0. The number of halogens is 1. The second-order valence-corrected chi connectivity index (χ2v) is 3.32. The normalized spacial score (nSPS) is 13.5. The van der Waals surface area contributed by atoms with Crippen LogP contribution in [0.5, 0.6) is 0 Å². The van der Waals surface area contributed by atoms with Gasteiger partial charge < -0.3 is 0 Å². The number of hydrogen-bond acceptors (Lipinski definition) is 0. The lowest BCUT2D eigenvalue weighted by atomic mass is 9.87. The average Bonchev–Trinajstić information content (AvgIpc) is 2.05. The maximum atomic E-state index is 5.85. The molecule has 0 N–H and O–H groups in total. The fraction of sp³-hybridized carbons (Fsp3) is 0.800. The molecular formula is C10H19Cl. The Hall–Kier alpha value is 0.0300. The molecule has 0 saturated heterocycles. The van der Waals surface area contributed by atoms with Crippen LogP contribution in [0.2, 0.25) is 0 Å². The van der Waals surface area contributed by atoms with E-state index in [4.69, 9.17) is 11.6 Å². The third-order valence-electron chi connectivity index (χ3n) is 2.38. The van der Waals surface area contributed by atoms with Gasteiger partial charge in [0.05, 0.1) is 0 Å². The van der Waals surface area contributed by atoms with E-state index in [-0.39, 0.29) is 0 Å². The predicted octanol–water partition coefficient (Wildman–Crippen LogP) is 3.85. The quantitative estimate of drug-likeness (QED) is 0.424. The van der Waals surface area contributed by atoms with E-state index >= 15 is 0 Å². The minimum atomic E-state index is 0.643. The molecule has 0 aliphatic rings. The molecule has 0 heterocycles. The zero-order valence-electron chi connectivity index (χ0n) is 7.65. The van der Waals surface area contributed by atoms with Gasteiger partial charge in [0.2, 0.25) is 0 Å². The summed E-state index contributed by atoms with van der Waals surface area (Å²) in [6.07, 6.45) is 5.52. The molecule has 0 bridgehead atoms. The highest BCUT2D eigenvalue weighted by Gasteiger charge is 2.15. The largest absolute Gasteiger partial charge is 0.126 e. The second kappa shape index (κ2) is 6.72. The van der Waals surface area contributed by atoms with Gasteiger partial charge in [0.1, 0.15) is 0 Å². The minimum Gasteiger partial charge on any atom is -0.126 e. The van der Waals surface area contributed by atoms with E-state index in [0.29, 0.717) is 5.92 Å². The zero-order chi connectivity index (χ0) is 8.69. The van der Waals surface area contributed by atoms with E-state index in [2.05, 4.69) is 20.4 Å². The lowest BCUT2D eigenvalue weighted by molar-refractivity contribution is 0.343. The topological polar surface area (TPSA) is 0 Å². The first kappa shape index (κ1) is 11.0. The fourth-order valence-corrected chi connectivity index (χ4v) is 1.93. The summed E-state index contributed by atoms with van der Waals surface area (Å²) in [5.74, 6) is 2.20. The van der Waals surface area contributed by atoms with Gasteiger partial charge in [-0.3, -0.25) is 0 Å².